The van der Waals surface area contributed by atoms with Crippen molar-refractivity contribution < 1.29 is 0 Å². The van der Waals surface area contributed by atoms with Crippen molar-refractivity contribution in [2.24, 2.45) is 0 Å². The number of hydrogen-bond donors (Lipinski definition) is 0. The molecule has 0 saturated heterocycles. The Morgan fingerprint density at radius 2 is 0.679 bits per heavy atom. The molecule has 0 radical (unpaired) electrons. The highest BCUT2D eigenvalue weighted by Crippen LogP contribution is 2.40. The molecule has 12 aromatic rings. The molecule has 0 amide bonds. The molecule has 0 aliphatic heterocycles. The molecule has 56 heavy (non-hydrogen) atoms. The summed E-state index contributed by atoms with van der Waals surface area (Å²) < 4.78 is 5.19. The lowest BCUT2D eigenvalue weighted by Crippen LogP contribution is -1.97. The monoisotopic (exact) mass is 748 g/mol. The van der Waals surface area contributed by atoms with Crippen molar-refractivity contribution in [2.75, 3.05) is 0 Å². The van der Waals surface area contributed by atoms with E-state index in [1.54, 1.807) is 0 Å². The first-order chi connectivity index (χ1) is 27.7. The molecule has 0 fully saturated rings. The zero-order chi connectivity index (χ0) is 36.7. The second-order valence-corrected chi connectivity index (χ2v) is 16.4. The standard InChI is InChI=1S/C50H28N4S2/c1-2-14-36-35(13-1)41-27-51-49(33-11-7-9-29(23-33)31-19-21-39-37-15-3-5-17-43(37)55-45(39)25-31)53-47(41)48-42(36)28-52-50(54-48)34-12-8-10-30(24-34)32-20-22-40-38-16-4-6-18-44(38)56-46(40)26-32/h1-28H. The maximum atomic E-state index is 5.29. The Kier molecular flexibility index (Phi) is 6.93. The zero-order valence-electron chi connectivity index (χ0n) is 29.8. The summed E-state index contributed by atoms with van der Waals surface area (Å²) in [4.78, 5) is 20.5. The third kappa shape index (κ3) is 4.97. The normalized spacial score (nSPS) is 11.9. The molecule has 0 saturated carbocycles. The van der Waals surface area contributed by atoms with E-state index in [9.17, 15) is 0 Å². The number of nitrogens with zero attached hydrogens (tertiary/aromatic N) is 4. The summed E-state index contributed by atoms with van der Waals surface area (Å²) in [6.07, 6.45) is 3.92. The Morgan fingerprint density at radius 1 is 0.286 bits per heavy atom. The number of aromatic nitrogens is 4. The van der Waals surface area contributed by atoms with Crippen LogP contribution in [0.4, 0.5) is 0 Å². The molecule has 0 atom stereocenters. The van der Waals surface area contributed by atoms with Crippen LogP contribution in [-0.4, -0.2) is 19.9 Å². The molecule has 0 aliphatic carbocycles. The molecule has 4 heterocycles. The molecule has 0 N–H and O–H groups in total. The lowest BCUT2D eigenvalue weighted by Gasteiger charge is -2.12. The molecular weight excluding hydrogens is 721 g/mol. The Morgan fingerprint density at radius 3 is 1.16 bits per heavy atom. The fourth-order valence-corrected chi connectivity index (χ4v) is 10.5. The van der Waals surface area contributed by atoms with E-state index in [-0.39, 0.29) is 0 Å². The number of hydrogen-bond acceptors (Lipinski definition) is 6. The summed E-state index contributed by atoms with van der Waals surface area (Å²) >= 11 is 3.68. The molecule has 0 bridgehead atoms. The van der Waals surface area contributed by atoms with Crippen LogP contribution in [0, 0.1) is 0 Å². The van der Waals surface area contributed by atoms with Gasteiger partial charge in [-0.05, 0) is 69.4 Å². The van der Waals surface area contributed by atoms with E-state index in [2.05, 4.69) is 158 Å². The van der Waals surface area contributed by atoms with Gasteiger partial charge >= 0.3 is 0 Å². The minimum atomic E-state index is 0.665. The van der Waals surface area contributed by atoms with Crippen LogP contribution >= 0.6 is 22.7 Å². The summed E-state index contributed by atoms with van der Waals surface area (Å²) in [7, 11) is 0. The van der Waals surface area contributed by atoms with E-state index < -0.39 is 0 Å². The minimum Gasteiger partial charge on any atom is -0.236 e. The molecule has 0 unspecified atom stereocenters. The molecule has 260 valence electrons. The number of fused-ring (bicyclic) bond motifs is 12. The summed E-state index contributed by atoms with van der Waals surface area (Å²) in [6, 6.07) is 56.3. The van der Waals surface area contributed by atoms with Crippen LogP contribution < -0.4 is 0 Å². The average Bonchev–Trinajstić information content (AvgIpc) is 3.84. The largest absolute Gasteiger partial charge is 0.236 e. The fourth-order valence-electron chi connectivity index (χ4n) is 8.24. The minimum absolute atomic E-state index is 0.665. The molecule has 12 rings (SSSR count). The van der Waals surface area contributed by atoms with E-state index in [4.69, 9.17) is 19.9 Å². The number of thiophene rings is 2. The van der Waals surface area contributed by atoms with Crippen molar-refractivity contribution in [2.45, 2.75) is 0 Å². The van der Waals surface area contributed by atoms with Crippen LogP contribution in [0.15, 0.2) is 170 Å². The van der Waals surface area contributed by atoms with Gasteiger partial charge in [-0.2, -0.15) is 0 Å². The Bertz CT molecular complexity index is 3330. The third-order valence-corrected chi connectivity index (χ3v) is 13.2. The van der Waals surface area contributed by atoms with Crippen LogP contribution in [0.3, 0.4) is 0 Å². The highest BCUT2D eigenvalue weighted by molar-refractivity contribution is 7.26. The van der Waals surface area contributed by atoms with Gasteiger partial charge in [-0.1, -0.05) is 121 Å². The van der Waals surface area contributed by atoms with Crippen LogP contribution in [0.1, 0.15) is 0 Å². The van der Waals surface area contributed by atoms with E-state index >= 15 is 0 Å². The highest BCUT2D eigenvalue weighted by Gasteiger charge is 2.16. The van der Waals surface area contributed by atoms with Gasteiger partial charge in [0.2, 0.25) is 0 Å². The van der Waals surface area contributed by atoms with Crippen molar-refractivity contribution in [1.82, 2.24) is 19.9 Å². The van der Waals surface area contributed by atoms with Crippen molar-refractivity contribution in [3.05, 3.63) is 170 Å². The van der Waals surface area contributed by atoms with Crippen LogP contribution in [0.2, 0.25) is 0 Å². The molecule has 8 aromatic carbocycles. The summed E-state index contributed by atoms with van der Waals surface area (Å²) in [6.45, 7) is 0. The van der Waals surface area contributed by atoms with Gasteiger partial charge in [0.05, 0.1) is 0 Å². The molecule has 4 aromatic heterocycles. The summed E-state index contributed by atoms with van der Waals surface area (Å²) in [5.41, 5.74) is 8.15. The van der Waals surface area contributed by atoms with E-state index in [0.717, 1.165) is 54.8 Å². The van der Waals surface area contributed by atoms with Gasteiger partial charge in [0, 0.05) is 74.6 Å². The SMILES string of the molecule is c1cc(-c2ccc3c(c2)sc2ccccc23)cc(-c2ncc3c4ccccc4c4cnc(-c5cccc(-c6ccc7c(c6)sc6ccccc67)c5)nc4c3n2)c1. The van der Waals surface area contributed by atoms with Crippen molar-refractivity contribution >= 4 is 95.6 Å². The van der Waals surface area contributed by atoms with Crippen molar-refractivity contribution in [3.8, 4) is 45.0 Å². The van der Waals surface area contributed by atoms with Gasteiger partial charge < -0.3 is 0 Å². The fraction of sp³-hybridized carbons (Fsp3) is 0. The summed E-state index contributed by atoms with van der Waals surface area (Å²) in [5.74, 6) is 1.33. The van der Waals surface area contributed by atoms with E-state index in [0.29, 0.717) is 11.6 Å². The lowest BCUT2D eigenvalue weighted by molar-refractivity contribution is 1.21. The van der Waals surface area contributed by atoms with Gasteiger partial charge in [0.25, 0.3) is 0 Å². The van der Waals surface area contributed by atoms with Crippen LogP contribution in [-0.2, 0) is 0 Å². The van der Waals surface area contributed by atoms with Gasteiger partial charge in [-0.3, -0.25) is 0 Å². The first-order valence-corrected chi connectivity index (χ1v) is 20.2. The van der Waals surface area contributed by atoms with Gasteiger partial charge in [-0.25, -0.2) is 19.9 Å². The van der Waals surface area contributed by atoms with Gasteiger partial charge in [-0.15, -0.1) is 22.7 Å². The molecule has 6 heteroatoms. The lowest BCUT2D eigenvalue weighted by atomic mass is 10.00. The zero-order valence-corrected chi connectivity index (χ0v) is 31.4. The van der Waals surface area contributed by atoms with E-state index in [1.807, 2.05) is 35.1 Å². The highest BCUT2D eigenvalue weighted by atomic mass is 32.1. The maximum Gasteiger partial charge on any atom is 0.159 e. The topological polar surface area (TPSA) is 51.6 Å². The third-order valence-electron chi connectivity index (χ3n) is 11.0. The number of benzene rings is 8. The second kappa shape index (κ2) is 12.3. The molecule has 0 spiro atoms. The van der Waals surface area contributed by atoms with Crippen LogP contribution in [0.25, 0.3) is 118 Å². The van der Waals surface area contributed by atoms with E-state index in [1.165, 1.54) is 51.5 Å². The predicted octanol–water partition coefficient (Wildman–Crippen LogP) is 14.1. The number of rotatable bonds is 4. The average molecular weight is 749 g/mol. The van der Waals surface area contributed by atoms with Crippen molar-refractivity contribution in [1.29, 1.82) is 0 Å². The first kappa shape index (κ1) is 31.5. The van der Waals surface area contributed by atoms with Gasteiger partial charge in [0.15, 0.2) is 11.6 Å². The second-order valence-electron chi connectivity index (χ2n) is 14.2. The first-order valence-electron chi connectivity index (χ1n) is 18.6. The smallest absolute Gasteiger partial charge is 0.159 e. The Balaban J connectivity index is 0.976. The Hall–Kier alpha value is -6.86. The Labute approximate surface area is 329 Å². The van der Waals surface area contributed by atoms with Crippen molar-refractivity contribution in [3.63, 3.8) is 0 Å². The quantitative estimate of drug-likeness (QED) is 0.168. The maximum absolute atomic E-state index is 5.29. The van der Waals surface area contributed by atoms with Gasteiger partial charge in [0.1, 0.15) is 11.0 Å². The summed E-state index contributed by atoms with van der Waals surface area (Å²) in [5, 5.41) is 9.32. The van der Waals surface area contributed by atoms with Crippen LogP contribution in [0.5, 0.6) is 0 Å². The molecule has 0 aliphatic rings. The molecular formula is C50H28N4S2. The predicted molar refractivity (Wildman–Crippen MR) is 238 cm³/mol. The molecule has 4 nitrogen and oxygen atoms in total.